The molecule has 0 unspecified atom stereocenters. The third-order valence-electron chi connectivity index (χ3n) is 5.03. The Morgan fingerprint density at radius 1 is 0.778 bits per heavy atom. The molecule has 0 radical (unpaired) electrons. The molecule has 27 heavy (non-hydrogen) atoms. The minimum atomic E-state index is -0.142. The predicted octanol–water partition coefficient (Wildman–Crippen LogP) is 6.63. The van der Waals surface area contributed by atoms with Crippen LogP contribution in [0.1, 0.15) is 96.8 Å². The van der Waals surface area contributed by atoms with Gasteiger partial charge < -0.3 is 4.74 Å². The molecule has 0 fully saturated rings. The second kappa shape index (κ2) is 15.4. The van der Waals surface area contributed by atoms with Crippen LogP contribution in [0, 0.1) is 0 Å². The fourth-order valence-corrected chi connectivity index (χ4v) is 3.36. The van der Waals surface area contributed by atoms with E-state index >= 15 is 0 Å². The number of rotatable bonds is 16. The Morgan fingerprint density at radius 2 is 1.33 bits per heavy atom. The van der Waals surface area contributed by atoms with Crippen molar-refractivity contribution in [3.63, 3.8) is 0 Å². The number of methoxy groups -OCH3 is 1. The van der Waals surface area contributed by atoms with Crippen LogP contribution in [0.15, 0.2) is 35.6 Å². The molecule has 0 aromatic heterocycles. The molecule has 3 nitrogen and oxygen atoms in total. The first-order valence-electron chi connectivity index (χ1n) is 10.9. The molecule has 0 amide bonds. The van der Waals surface area contributed by atoms with Crippen LogP contribution in [-0.4, -0.2) is 18.7 Å². The molecule has 1 aliphatic carbocycles. The van der Waals surface area contributed by atoms with Crippen LogP contribution in [0.3, 0.4) is 0 Å². The van der Waals surface area contributed by atoms with Gasteiger partial charge in [-0.05, 0) is 44.6 Å². The zero-order valence-corrected chi connectivity index (χ0v) is 17.4. The van der Waals surface area contributed by atoms with Crippen molar-refractivity contribution in [2.24, 2.45) is 0 Å². The SMILES string of the molecule is CCCCCC/C=C\CCCCCCCCCC1=CC(=O)C=C(OC)C1=O. The molecule has 0 atom stereocenters. The highest BCUT2D eigenvalue weighted by Crippen LogP contribution is 2.20. The normalized spacial score (nSPS) is 14.6. The van der Waals surface area contributed by atoms with Gasteiger partial charge in [0, 0.05) is 11.6 Å². The molecular weight excluding hydrogens is 336 g/mol. The van der Waals surface area contributed by atoms with Gasteiger partial charge in [-0.1, -0.05) is 70.4 Å². The maximum atomic E-state index is 12.1. The van der Waals surface area contributed by atoms with Gasteiger partial charge in [0.2, 0.25) is 5.78 Å². The number of ketones is 2. The first kappa shape index (κ1) is 23.4. The lowest BCUT2D eigenvalue weighted by molar-refractivity contribution is -0.117. The molecule has 1 aliphatic rings. The maximum Gasteiger partial charge on any atom is 0.223 e. The highest BCUT2D eigenvalue weighted by molar-refractivity contribution is 6.19. The smallest absolute Gasteiger partial charge is 0.223 e. The zero-order valence-electron chi connectivity index (χ0n) is 17.4. The van der Waals surface area contributed by atoms with E-state index in [1.165, 1.54) is 89.9 Å². The predicted molar refractivity (Wildman–Crippen MR) is 113 cm³/mol. The second-order valence-electron chi connectivity index (χ2n) is 7.45. The Bertz CT molecular complexity index is 526. The van der Waals surface area contributed by atoms with Crippen LogP contribution in [0.2, 0.25) is 0 Å². The van der Waals surface area contributed by atoms with Gasteiger partial charge in [-0.15, -0.1) is 0 Å². The lowest BCUT2D eigenvalue weighted by Gasteiger charge is -2.12. The van der Waals surface area contributed by atoms with Crippen LogP contribution in [0.5, 0.6) is 0 Å². The summed E-state index contributed by atoms with van der Waals surface area (Å²) in [4.78, 5) is 23.6. The van der Waals surface area contributed by atoms with Crippen molar-refractivity contribution in [1.29, 1.82) is 0 Å². The largest absolute Gasteiger partial charge is 0.493 e. The van der Waals surface area contributed by atoms with Crippen molar-refractivity contribution in [3.05, 3.63) is 35.6 Å². The number of hydrogen-bond acceptors (Lipinski definition) is 3. The highest BCUT2D eigenvalue weighted by atomic mass is 16.5. The summed E-state index contributed by atoms with van der Waals surface area (Å²) in [6, 6.07) is 0. The summed E-state index contributed by atoms with van der Waals surface area (Å²) in [6.45, 7) is 2.25. The van der Waals surface area contributed by atoms with Crippen LogP contribution in [0.25, 0.3) is 0 Å². The Balaban J connectivity index is 1.94. The quantitative estimate of drug-likeness (QED) is 0.173. The third-order valence-corrected chi connectivity index (χ3v) is 5.03. The molecule has 152 valence electrons. The van der Waals surface area contributed by atoms with E-state index < -0.39 is 0 Å². The molecule has 0 saturated heterocycles. The second-order valence-corrected chi connectivity index (χ2v) is 7.45. The third kappa shape index (κ3) is 10.9. The first-order valence-corrected chi connectivity index (χ1v) is 10.9. The van der Waals surface area contributed by atoms with Gasteiger partial charge in [0.25, 0.3) is 0 Å². The molecule has 0 aromatic carbocycles. The van der Waals surface area contributed by atoms with E-state index in [2.05, 4.69) is 19.1 Å². The zero-order chi connectivity index (χ0) is 19.7. The van der Waals surface area contributed by atoms with E-state index in [-0.39, 0.29) is 17.3 Å². The Morgan fingerprint density at radius 3 is 1.93 bits per heavy atom. The number of hydrogen-bond donors (Lipinski definition) is 0. The summed E-state index contributed by atoms with van der Waals surface area (Å²) in [5.41, 5.74) is 0.598. The number of unbranched alkanes of at least 4 members (excludes halogenated alkanes) is 11. The minimum absolute atomic E-state index is 0.129. The standard InChI is InChI=1S/C24H38O3/c1-3-4-5-6-7-8-9-10-11-12-13-14-15-16-17-18-21-19-22(25)20-23(27-2)24(21)26/h8-9,19-20H,3-7,10-18H2,1-2H3/b9-8-. The fourth-order valence-electron chi connectivity index (χ4n) is 3.36. The number of Topliss-reactive ketones (excluding diaryl/α,β-unsaturated/α-hetero) is 1. The molecule has 1 rings (SSSR count). The van der Waals surface area contributed by atoms with Gasteiger partial charge in [0.05, 0.1) is 7.11 Å². The minimum Gasteiger partial charge on any atom is -0.493 e. The number of carbonyl (C=O) groups excluding carboxylic acids is 2. The fraction of sp³-hybridized carbons (Fsp3) is 0.667. The van der Waals surface area contributed by atoms with E-state index in [1.54, 1.807) is 0 Å². The molecule has 3 heteroatoms. The van der Waals surface area contributed by atoms with E-state index in [0.717, 1.165) is 12.8 Å². The number of carbonyl (C=O) groups is 2. The number of allylic oxidation sites excluding steroid dienone is 5. The first-order chi connectivity index (χ1) is 13.2. The van der Waals surface area contributed by atoms with Gasteiger partial charge in [0.1, 0.15) is 0 Å². The average molecular weight is 375 g/mol. The van der Waals surface area contributed by atoms with Crippen molar-refractivity contribution in [2.75, 3.05) is 7.11 Å². The van der Waals surface area contributed by atoms with Gasteiger partial charge in [-0.3, -0.25) is 9.59 Å². The maximum absolute atomic E-state index is 12.1. The van der Waals surface area contributed by atoms with E-state index in [0.29, 0.717) is 12.0 Å². The molecule has 0 bridgehead atoms. The molecule has 0 N–H and O–H groups in total. The lowest BCUT2D eigenvalue weighted by atomic mass is 9.96. The summed E-state index contributed by atoms with van der Waals surface area (Å²) in [5.74, 6) is -0.0977. The van der Waals surface area contributed by atoms with Crippen LogP contribution in [0.4, 0.5) is 0 Å². The van der Waals surface area contributed by atoms with E-state index in [1.807, 2.05) is 0 Å². The van der Waals surface area contributed by atoms with Crippen LogP contribution < -0.4 is 0 Å². The Kier molecular flexibility index (Phi) is 13.4. The highest BCUT2D eigenvalue weighted by Gasteiger charge is 2.21. The summed E-state index contributed by atoms with van der Waals surface area (Å²) in [5, 5.41) is 0. The van der Waals surface area contributed by atoms with E-state index in [9.17, 15) is 9.59 Å². The average Bonchev–Trinajstić information content (AvgIpc) is 2.67. The molecular formula is C24H38O3. The Hall–Kier alpha value is -1.64. The van der Waals surface area contributed by atoms with Crippen molar-refractivity contribution < 1.29 is 14.3 Å². The van der Waals surface area contributed by atoms with Crippen molar-refractivity contribution in [1.82, 2.24) is 0 Å². The molecule has 0 aliphatic heterocycles. The molecule has 0 spiro atoms. The van der Waals surface area contributed by atoms with Gasteiger partial charge >= 0.3 is 0 Å². The summed E-state index contributed by atoms with van der Waals surface area (Å²) >= 11 is 0. The van der Waals surface area contributed by atoms with Gasteiger partial charge in [-0.25, -0.2) is 0 Å². The number of ether oxygens (including phenoxy) is 1. The van der Waals surface area contributed by atoms with Gasteiger partial charge in [-0.2, -0.15) is 0 Å². The topological polar surface area (TPSA) is 43.4 Å². The Labute approximate surface area is 165 Å². The lowest BCUT2D eigenvalue weighted by Crippen LogP contribution is -2.15. The van der Waals surface area contributed by atoms with Crippen molar-refractivity contribution >= 4 is 11.6 Å². The molecule has 0 saturated carbocycles. The van der Waals surface area contributed by atoms with Crippen LogP contribution in [-0.2, 0) is 14.3 Å². The molecule has 0 heterocycles. The molecule has 0 aromatic rings. The summed E-state index contributed by atoms with van der Waals surface area (Å²) < 4.78 is 4.98. The summed E-state index contributed by atoms with van der Waals surface area (Å²) in [6.07, 6.45) is 24.4. The van der Waals surface area contributed by atoms with Gasteiger partial charge in [0.15, 0.2) is 11.5 Å². The van der Waals surface area contributed by atoms with E-state index in [4.69, 9.17) is 4.74 Å². The van der Waals surface area contributed by atoms with Crippen molar-refractivity contribution in [2.45, 2.75) is 96.8 Å². The van der Waals surface area contributed by atoms with Crippen LogP contribution >= 0.6 is 0 Å². The summed E-state index contributed by atoms with van der Waals surface area (Å²) in [7, 11) is 1.43. The van der Waals surface area contributed by atoms with Crippen molar-refractivity contribution in [3.8, 4) is 0 Å². The monoisotopic (exact) mass is 374 g/mol.